The fraction of sp³-hybridized carbons (Fsp3) is 0.475. The van der Waals surface area contributed by atoms with E-state index in [0.717, 1.165) is 22.8 Å². The monoisotopic (exact) mass is 720 g/mol. The van der Waals surface area contributed by atoms with Gasteiger partial charge in [0.2, 0.25) is 5.91 Å². The van der Waals surface area contributed by atoms with Gasteiger partial charge in [0.05, 0.1) is 53.2 Å². The van der Waals surface area contributed by atoms with E-state index in [1.54, 1.807) is 17.2 Å². The molecule has 7 heterocycles. The summed E-state index contributed by atoms with van der Waals surface area (Å²) in [4.78, 5) is 35.7. The third kappa shape index (κ3) is 6.36. The maximum absolute atomic E-state index is 15.0. The summed E-state index contributed by atoms with van der Waals surface area (Å²) < 4.78 is 42.4. The highest BCUT2D eigenvalue weighted by Crippen LogP contribution is 2.43. The van der Waals surface area contributed by atoms with Crippen LogP contribution >= 0.6 is 0 Å². The summed E-state index contributed by atoms with van der Waals surface area (Å²) in [5.41, 5.74) is 2.86. The molecule has 5 aliphatic rings. The Kier molecular flexibility index (Phi) is 9.25. The van der Waals surface area contributed by atoms with Crippen molar-refractivity contribution in [2.75, 3.05) is 44.3 Å². The molecule has 3 fully saturated rings. The molecule has 3 aromatic rings. The molecule has 0 aliphatic carbocycles. The normalized spacial score (nSPS) is 28.0. The Bertz CT molecular complexity index is 2000. The summed E-state index contributed by atoms with van der Waals surface area (Å²) >= 11 is 0. The number of aromatic nitrogens is 3. The maximum atomic E-state index is 15.0. The number of fused-ring (bicyclic) bond motifs is 4. The minimum Gasteiger partial charge on any atom is -0.493 e. The van der Waals surface area contributed by atoms with Gasteiger partial charge in [0.25, 0.3) is 0 Å². The van der Waals surface area contributed by atoms with Gasteiger partial charge in [-0.25, -0.2) is 8.78 Å². The minimum atomic E-state index is -1.01. The number of ether oxygens (including phenoxy) is 2. The number of likely N-dealkylation sites (tertiary alicyclic amines) is 1. The molecule has 5 aliphatic heterocycles. The van der Waals surface area contributed by atoms with Crippen LogP contribution in [0, 0.1) is 35.4 Å². The number of rotatable bonds is 8. The Balaban J connectivity index is 1.12. The van der Waals surface area contributed by atoms with Crippen molar-refractivity contribution >= 4 is 11.7 Å². The van der Waals surface area contributed by atoms with E-state index in [4.69, 9.17) is 25.9 Å². The number of pyridine rings is 1. The number of hydrogen-bond acceptors (Lipinski definition) is 10. The third-order valence-corrected chi connectivity index (χ3v) is 11.7. The van der Waals surface area contributed by atoms with Gasteiger partial charge in [-0.1, -0.05) is 18.6 Å². The molecule has 13 heteroatoms. The van der Waals surface area contributed by atoms with Crippen LogP contribution in [0.15, 0.2) is 49.2 Å². The molecule has 274 valence electrons. The molecule has 1 aromatic carbocycles. The van der Waals surface area contributed by atoms with Gasteiger partial charge >= 0.3 is 6.01 Å². The van der Waals surface area contributed by atoms with Gasteiger partial charge < -0.3 is 19.3 Å². The number of alkyl halides is 1. The Labute approximate surface area is 308 Å². The van der Waals surface area contributed by atoms with Gasteiger partial charge in [0.1, 0.15) is 30.2 Å². The molecule has 2 bridgehead atoms. The lowest BCUT2D eigenvalue weighted by Gasteiger charge is -2.43. The number of terminal acetylenes is 1. The van der Waals surface area contributed by atoms with Gasteiger partial charge in [-0.3, -0.25) is 19.6 Å². The summed E-state index contributed by atoms with van der Waals surface area (Å²) in [7, 11) is 0. The summed E-state index contributed by atoms with van der Waals surface area (Å²) in [5, 5.41) is 10.0. The molecule has 0 N–H and O–H groups in total. The van der Waals surface area contributed by atoms with Crippen molar-refractivity contribution in [3.8, 4) is 30.2 Å². The smallest absolute Gasteiger partial charge is 0.318 e. The predicted octanol–water partition coefficient (Wildman–Crippen LogP) is 4.37. The molecule has 0 radical (unpaired) electrons. The lowest BCUT2D eigenvalue weighted by molar-refractivity contribution is -0.129. The van der Waals surface area contributed by atoms with Crippen molar-refractivity contribution in [3.63, 3.8) is 0 Å². The van der Waals surface area contributed by atoms with Crippen LogP contribution in [0.2, 0.25) is 0 Å². The van der Waals surface area contributed by atoms with Crippen LogP contribution in [0.25, 0.3) is 0 Å². The van der Waals surface area contributed by atoms with Crippen molar-refractivity contribution in [1.82, 2.24) is 29.7 Å². The second-order valence-corrected chi connectivity index (χ2v) is 14.9. The molecule has 8 rings (SSSR count). The third-order valence-electron chi connectivity index (χ3n) is 11.7. The second-order valence-electron chi connectivity index (χ2n) is 14.9. The Hall–Kier alpha value is -5.11. The van der Waals surface area contributed by atoms with Crippen molar-refractivity contribution in [1.29, 1.82) is 5.26 Å². The number of nitriles is 1. The highest BCUT2D eigenvalue weighted by Gasteiger charge is 2.49. The summed E-state index contributed by atoms with van der Waals surface area (Å²) in [6.45, 7) is 9.08. The minimum absolute atomic E-state index is 0.156. The number of nitrogens with zero attached hydrogens (tertiary/aromatic N) is 8. The first-order valence-corrected chi connectivity index (χ1v) is 18.3. The fourth-order valence-corrected chi connectivity index (χ4v) is 9.13. The number of carbonyl (C=O) groups is 1. The van der Waals surface area contributed by atoms with Crippen molar-refractivity contribution in [2.24, 2.45) is 5.92 Å². The first-order valence-electron chi connectivity index (χ1n) is 18.3. The number of anilines is 1. The first kappa shape index (κ1) is 34.9. The molecule has 11 nitrogen and oxygen atoms in total. The quantitative estimate of drug-likeness (QED) is 0.246. The van der Waals surface area contributed by atoms with Crippen molar-refractivity contribution in [2.45, 2.75) is 75.5 Å². The van der Waals surface area contributed by atoms with Gasteiger partial charge in [-0.15, -0.1) is 6.42 Å². The van der Waals surface area contributed by atoms with Crippen LogP contribution in [0.5, 0.6) is 11.8 Å². The highest BCUT2D eigenvalue weighted by molar-refractivity contribution is 5.88. The number of carbonyl (C=O) groups excluding carboxylic acids is 1. The van der Waals surface area contributed by atoms with E-state index in [1.165, 1.54) is 12.1 Å². The molecule has 2 aromatic heterocycles. The van der Waals surface area contributed by atoms with Crippen molar-refractivity contribution in [3.05, 3.63) is 83.1 Å². The largest absolute Gasteiger partial charge is 0.493 e. The lowest BCUT2D eigenvalue weighted by Crippen LogP contribution is -2.57. The van der Waals surface area contributed by atoms with E-state index in [9.17, 15) is 14.4 Å². The van der Waals surface area contributed by atoms with Crippen LogP contribution in [0.1, 0.15) is 60.3 Å². The number of piperazine rings is 1. The van der Waals surface area contributed by atoms with Crippen LogP contribution in [0.4, 0.5) is 14.6 Å². The van der Waals surface area contributed by atoms with E-state index < -0.39 is 17.5 Å². The zero-order chi connectivity index (χ0) is 36.9. The molecule has 0 saturated carbocycles. The zero-order valence-electron chi connectivity index (χ0n) is 29.8. The van der Waals surface area contributed by atoms with Gasteiger partial charge in [-0.05, 0) is 50.1 Å². The van der Waals surface area contributed by atoms with E-state index >= 15 is 4.39 Å². The molecule has 53 heavy (non-hydrogen) atoms. The molecule has 1 unspecified atom stereocenters. The lowest BCUT2D eigenvalue weighted by atomic mass is 9.91. The zero-order valence-corrected chi connectivity index (χ0v) is 29.8. The number of halogens is 2. The Morgan fingerprint density at radius 1 is 1.25 bits per heavy atom. The van der Waals surface area contributed by atoms with Gasteiger partial charge in [-0.2, -0.15) is 15.2 Å². The van der Waals surface area contributed by atoms with Crippen LogP contribution in [-0.2, 0) is 24.3 Å². The highest BCUT2D eigenvalue weighted by atomic mass is 19.1. The van der Waals surface area contributed by atoms with Crippen molar-refractivity contribution < 1.29 is 23.0 Å². The molecule has 3 saturated heterocycles. The number of hydrogen-bond donors (Lipinski definition) is 0. The molecule has 0 spiro atoms. The predicted molar refractivity (Wildman–Crippen MR) is 192 cm³/mol. The first-order chi connectivity index (χ1) is 25.7. The maximum Gasteiger partial charge on any atom is 0.318 e. The Morgan fingerprint density at radius 3 is 2.89 bits per heavy atom. The van der Waals surface area contributed by atoms with E-state index in [0.29, 0.717) is 76.3 Å². The standard InChI is InChI=1S/C40H42F2N8O3/c1-4-29-31(42)9-10-35-37(29)33(12-15-52-35)47-14-11-30-32(22-47)45-39(53-24-40(3)17-26(41)19-49(40)20-27-8-6-7-13-44-27)46-38(30)48-21-28-16-25(18-43)34(23-48)50(28)36(51)5-2/h1,5-10,13,25-26,28,33-34H,2,11-12,14-17,19-24H2,3H3/t25?,26-,28-,33-,34-,40+/m1/s1. The van der Waals surface area contributed by atoms with Gasteiger partial charge in [0, 0.05) is 75.5 Å². The van der Waals surface area contributed by atoms with E-state index in [1.807, 2.05) is 25.1 Å². The van der Waals surface area contributed by atoms with Gasteiger partial charge in [0.15, 0.2) is 0 Å². The molecular weight excluding hydrogens is 678 g/mol. The number of amides is 1. The van der Waals surface area contributed by atoms with E-state index in [2.05, 4.69) is 38.3 Å². The van der Waals surface area contributed by atoms with Crippen LogP contribution < -0.4 is 14.4 Å². The van der Waals surface area contributed by atoms with Crippen LogP contribution in [-0.4, -0.2) is 98.7 Å². The Morgan fingerprint density at radius 2 is 2.11 bits per heavy atom. The van der Waals surface area contributed by atoms with Crippen LogP contribution in [0.3, 0.4) is 0 Å². The topological polar surface area (TPSA) is 111 Å². The molecular formula is C40H42F2N8O3. The SMILES string of the molecule is C#Cc1c(F)ccc2c1[C@H](N1CCc3c(nc(OC[C@]4(C)C[C@@H](F)CN4Cc4ccccn4)nc3N3C[C@H]4CC(C#N)[C@@H](C3)N4C(=O)C=C)C1)CCO2. The summed E-state index contributed by atoms with van der Waals surface area (Å²) in [5.74, 6) is 2.93. The summed E-state index contributed by atoms with van der Waals surface area (Å²) in [6.07, 6.45) is 9.97. The fourth-order valence-electron chi connectivity index (χ4n) is 9.13. The second kappa shape index (κ2) is 14.0. The summed E-state index contributed by atoms with van der Waals surface area (Å²) in [6, 6.07) is 10.6. The molecule has 6 atom stereocenters. The average Bonchev–Trinajstić information content (AvgIpc) is 3.59. The van der Waals surface area contributed by atoms with E-state index in [-0.39, 0.29) is 54.7 Å². The number of benzene rings is 1. The molecule has 1 amide bonds. The average molecular weight is 721 g/mol.